The number of thiophene rings is 3. The maximum absolute atomic E-state index is 6.67. The molecule has 0 aliphatic rings. The first-order valence-electron chi connectivity index (χ1n) is 23.6. The molecule has 0 saturated carbocycles. The fraction of sp³-hybridized carbons (Fsp3) is 0. The van der Waals surface area contributed by atoms with Crippen LogP contribution in [0.25, 0.3) is 155 Å². The standard InChI is InChI=1S/C63H34N4OS3/c1-5-17-49-40(11-1)41-12-2-6-18-50(41)67(49)38-26-29-46-58(34-38)71-55-22-10-15-39(60(46)55)35-25-30-51-48(31-35)59-47(16-9-19-52(59)68-51)63-65-61(36-23-27-44-42-13-3-7-20-53(42)69-56(44)32-36)64-62(66-63)37-24-28-45-43-14-4-8-21-54(43)70-57(45)33-37/h1-34H. The number of fused-ring (bicyclic) bond motifs is 15. The predicted molar refractivity (Wildman–Crippen MR) is 302 cm³/mol. The van der Waals surface area contributed by atoms with E-state index >= 15 is 0 Å². The van der Waals surface area contributed by atoms with Gasteiger partial charge in [0.25, 0.3) is 0 Å². The lowest BCUT2D eigenvalue weighted by atomic mass is 9.97. The van der Waals surface area contributed by atoms with Gasteiger partial charge in [-0.1, -0.05) is 133 Å². The van der Waals surface area contributed by atoms with Gasteiger partial charge in [-0.15, -0.1) is 34.0 Å². The molecule has 0 bridgehead atoms. The van der Waals surface area contributed by atoms with Gasteiger partial charge in [-0.2, -0.15) is 0 Å². The average Bonchev–Trinajstić information content (AvgIpc) is 4.25. The minimum absolute atomic E-state index is 0.599. The summed E-state index contributed by atoms with van der Waals surface area (Å²) >= 11 is 5.45. The third-order valence-corrected chi connectivity index (χ3v) is 17.7. The third-order valence-electron chi connectivity index (χ3n) is 14.3. The van der Waals surface area contributed by atoms with E-state index in [9.17, 15) is 0 Å². The van der Waals surface area contributed by atoms with E-state index in [1.165, 1.54) is 87.9 Å². The molecule has 0 saturated heterocycles. The zero-order chi connectivity index (χ0) is 46.3. The van der Waals surface area contributed by atoms with E-state index in [-0.39, 0.29) is 0 Å². The van der Waals surface area contributed by atoms with E-state index in [1.807, 2.05) is 23.5 Å². The Morgan fingerprint density at radius 1 is 0.310 bits per heavy atom. The number of furan rings is 1. The Morgan fingerprint density at radius 2 is 0.831 bits per heavy atom. The molecule has 0 unspecified atom stereocenters. The van der Waals surface area contributed by atoms with E-state index < -0.39 is 0 Å². The van der Waals surface area contributed by atoms with Gasteiger partial charge in [-0.25, -0.2) is 15.0 Å². The molecule has 8 heteroatoms. The van der Waals surface area contributed by atoms with Gasteiger partial charge in [0.2, 0.25) is 0 Å². The summed E-state index contributed by atoms with van der Waals surface area (Å²) in [5, 5.41) is 12.0. The molecule has 16 aromatic rings. The third kappa shape index (κ3) is 5.93. The van der Waals surface area contributed by atoms with Crippen LogP contribution in [0, 0.1) is 0 Å². The first kappa shape index (κ1) is 39.3. The molecule has 71 heavy (non-hydrogen) atoms. The molecular formula is C63H34N4OS3. The van der Waals surface area contributed by atoms with Crippen LogP contribution in [0.1, 0.15) is 0 Å². The van der Waals surface area contributed by atoms with Gasteiger partial charge < -0.3 is 8.98 Å². The van der Waals surface area contributed by atoms with Gasteiger partial charge in [-0.05, 0) is 83.9 Å². The van der Waals surface area contributed by atoms with E-state index in [4.69, 9.17) is 19.4 Å². The number of aromatic nitrogens is 4. The molecule has 6 aromatic heterocycles. The molecule has 0 radical (unpaired) electrons. The van der Waals surface area contributed by atoms with Crippen molar-refractivity contribution in [2.45, 2.75) is 0 Å². The highest BCUT2D eigenvalue weighted by atomic mass is 32.1. The Balaban J connectivity index is 0.867. The van der Waals surface area contributed by atoms with Crippen LogP contribution in [0.4, 0.5) is 0 Å². The minimum Gasteiger partial charge on any atom is -0.456 e. The van der Waals surface area contributed by atoms with Gasteiger partial charge in [0.1, 0.15) is 11.2 Å². The highest BCUT2D eigenvalue weighted by Crippen LogP contribution is 2.45. The molecular weight excluding hydrogens is 925 g/mol. The topological polar surface area (TPSA) is 56.7 Å². The fourth-order valence-electron chi connectivity index (χ4n) is 11.1. The molecule has 0 amide bonds. The van der Waals surface area contributed by atoms with Crippen molar-refractivity contribution in [2.24, 2.45) is 0 Å². The van der Waals surface area contributed by atoms with Crippen molar-refractivity contribution in [2.75, 3.05) is 0 Å². The van der Waals surface area contributed by atoms with Crippen molar-refractivity contribution in [3.63, 3.8) is 0 Å². The zero-order valence-corrected chi connectivity index (χ0v) is 40.0. The lowest BCUT2D eigenvalue weighted by Gasteiger charge is -2.10. The lowest BCUT2D eigenvalue weighted by molar-refractivity contribution is 0.669. The van der Waals surface area contributed by atoms with Crippen molar-refractivity contribution >= 4 is 138 Å². The molecule has 0 atom stereocenters. The summed E-state index contributed by atoms with van der Waals surface area (Å²) in [7, 11) is 0. The molecule has 10 aromatic carbocycles. The molecule has 0 fully saturated rings. The second kappa shape index (κ2) is 15.0. The SMILES string of the molecule is c1cc(-c2nc(-c3ccc4c(c3)sc3ccccc34)nc(-c3ccc4c(c3)sc3ccccc34)n2)c2c(c1)oc1ccc(-c3cccc4sc5cc(-n6c7ccccc7c7ccccc76)ccc5c34)cc12. The minimum atomic E-state index is 0.599. The van der Waals surface area contributed by atoms with Gasteiger partial charge in [0, 0.05) is 104 Å². The van der Waals surface area contributed by atoms with Crippen LogP contribution in [0.5, 0.6) is 0 Å². The van der Waals surface area contributed by atoms with Crippen LogP contribution < -0.4 is 0 Å². The van der Waals surface area contributed by atoms with E-state index in [2.05, 4.69) is 199 Å². The molecule has 0 N–H and O–H groups in total. The van der Waals surface area contributed by atoms with Crippen LogP contribution >= 0.6 is 34.0 Å². The highest BCUT2D eigenvalue weighted by molar-refractivity contribution is 7.26. The molecule has 6 heterocycles. The first-order valence-corrected chi connectivity index (χ1v) is 26.1. The van der Waals surface area contributed by atoms with Crippen molar-refractivity contribution in [1.29, 1.82) is 0 Å². The Kier molecular flexibility index (Phi) is 8.30. The second-order valence-electron chi connectivity index (χ2n) is 18.2. The quantitative estimate of drug-likeness (QED) is 0.172. The summed E-state index contributed by atoms with van der Waals surface area (Å²) < 4.78 is 16.5. The Morgan fingerprint density at radius 3 is 1.52 bits per heavy atom. The number of nitrogens with zero attached hydrogens (tertiary/aromatic N) is 4. The van der Waals surface area contributed by atoms with Gasteiger partial charge >= 0.3 is 0 Å². The molecule has 0 aliphatic heterocycles. The summed E-state index contributed by atoms with van der Waals surface area (Å²) in [6, 6.07) is 74.3. The molecule has 16 rings (SSSR count). The van der Waals surface area contributed by atoms with E-state index in [0.29, 0.717) is 17.5 Å². The maximum Gasteiger partial charge on any atom is 0.164 e. The monoisotopic (exact) mass is 958 g/mol. The van der Waals surface area contributed by atoms with Gasteiger partial charge in [0.15, 0.2) is 17.5 Å². The maximum atomic E-state index is 6.67. The number of rotatable bonds is 5. The van der Waals surface area contributed by atoms with Crippen LogP contribution in [0.3, 0.4) is 0 Å². The number of hydrogen-bond acceptors (Lipinski definition) is 7. The van der Waals surface area contributed by atoms with Crippen LogP contribution in [0.2, 0.25) is 0 Å². The zero-order valence-electron chi connectivity index (χ0n) is 37.6. The first-order chi connectivity index (χ1) is 35.1. The number of hydrogen-bond donors (Lipinski definition) is 0. The van der Waals surface area contributed by atoms with Crippen LogP contribution in [-0.2, 0) is 0 Å². The summed E-state index contributed by atoms with van der Waals surface area (Å²) in [5.74, 6) is 1.86. The second-order valence-corrected chi connectivity index (χ2v) is 21.5. The highest BCUT2D eigenvalue weighted by Gasteiger charge is 2.21. The summed E-state index contributed by atoms with van der Waals surface area (Å²) in [6.07, 6.45) is 0. The normalized spacial score (nSPS) is 12.2. The lowest BCUT2D eigenvalue weighted by Crippen LogP contribution is -2.00. The molecule has 330 valence electrons. The summed E-state index contributed by atoms with van der Waals surface area (Å²) in [6.45, 7) is 0. The molecule has 5 nitrogen and oxygen atoms in total. The van der Waals surface area contributed by atoms with Crippen molar-refractivity contribution < 1.29 is 4.42 Å². The predicted octanol–water partition coefficient (Wildman–Crippen LogP) is 18.6. The van der Waals surface area contributed by atoms with Crippen molar-refractivity contribution in [3.05, 3.63) is 206 Å². The largest absolute Gasteiger partial charge is 0.456 e. The number of benzene rings is 10. The van der Waals surface area contributed by atoms with Crippen LogP contribution in [-0.4, -0.2) is 19.5 Å². The number of para-hydroxylation sites is 2. The van der Waals surface area contributed by atoms with Gasteiger partial charge in [-0.3, -0.25) is 0 Å². The van der Waals surface area contributed by atoms with Crippen LogP contribution in [0.15, 0.2) is 211 Å². The molecule has 0 aliphatic carbocycles. The molecule has 0 spiro atoms. The smallest absolute Gasteiger partial charge is 0.164 e. The Hall–Kier alpha value is -8.53. The Bertz CT molecular complexity index is 4730. The summed E-state index contributed by atoms with van der Waals surface area (Å²) in [5.41, 5.74) is 10.3. The van der Waals surface area contributed by atoms with E-state index in [1.54, 1.807) is 22.7 Å². The van der Waals surface area contributed by atoms with Crippen molar-refractivity contribution in [1.82, 2.24) is 19.5 Å². The Labute approximate surface area is 416 Å². The van der Waals surface area contributed by atoms with Crippen molar-refractivity contribution in [3.8, 4) is 51.0 Å². The van der Waals surface area contributed by atoms with Gasteiger partial charge in [0.05, 0.1) is 11.0 Å². The fourth-order valence-corrected chi connectivity index (χ4v) is 14.5. The van der Waals surface area contributed by atoms with E-state index in [0.717, 1.165) is 49.9 Å². The summed E-state index contributed by atoms with van der Waals surface area (Å²) in [4.78, 5) is 16.0. The average molecular weight is 959 g/mol.